The topological polar surface area (TPSA) is 93.1 Å². The van der Waals surface area contributed by atoms with Gasteiger partial charge in [0.05, 0.1) is 6.61 Å². The summed E-state index contributed by atoms with van der Waals surface area (Å²) < 4.78 is 9.62. The Hall–Kier alpha value is -2.41. The molecule has 0 aliphatic rings. The van der Waals surface area contributed by atoms with Crippen LogP contribution in [0.25, 0.3) is 0 Å². The number of hydrogen-bond donors (Lipinski definition) is 1. The van der Waals surface area contributed by atoms with Crippen molar-refractivity contribution >= 4 is 17.8 Å². The van der Waals surface area contributed by atoms with Crippen LogP contribution in [0, 0.1) is 0 Å². The third-order valence-corrected chi connectivity index (χ3v) is 3.16. The molecule has 0 heterocycles. The smallest absolute Gasteiger partial charge is 0.435 e. The summed E-state index contributed by atoms with van der Waals surface area (Å²) in [6.45, 7) is 3.62. The molecule has 0 aromatic heterocycles. The van der Waals surface area contributed by atoms with Gasteiger partial charge in [0.2, 0.25) is 5.54 Å². The van der Waals surface area contributed by atoms with Crippen LogP contribution in [0.15, 0.2) is 30.3 Å². The van der Waals surface area contributed by atoms with Crippen LogP contribution >= 0.6 is 0 Å². The quantitative estimate of drug-likeness (QED) is 0.373. The number of nitrogens with zero attached hydrogens (tertiary/aromatic N) is 1. The molecule has 0 spiro atoms. The fraction of sp³-hybridized carbons (Fsp3) is 0.400. The fourth-order valence-electron chi connectivity index (χ4n) is 1.61. The minimum atomic E-state index is -2.15. The molecule has 1 N–H and O–H groups in total. The molecule has 0 fully saturated rings. The van der Waals surface area contributed by atoms with Gasteiger partial charge in [-0.15, -0.1) is 0 Å². The van der Waals surface area contributed by atoms with Crippen LogP contribution in [0.2, 0.25) is 0 Å². The zero-order valence-electron chi connectivity index (χ0n) is 12.7. The van der Waals surface area contributed by atoms with E-state index in [0.29, 0.717) is 5.56 Å². The van der Waals surface area contributed by atoms with Crippen molar-refractivity contribution < 1.29 is 29.1 Å². The Balaban J connectivity index is 2.81. The van der Waals surface area contributed by atoms with E-state index in [1.807, 2.05) is 0 Å². The number of esters is 1. The third kappa shape index (κ3) is 3.82. The Morgan fingerprint density at radius 3 is 2.27 bits per heavy atom. The first-order chi connectivity index (χ1) is 10.3. The molecule has 0 saturated heterocycles. The number of amides is 1. The number of ketones is 1. The molecule has 120 valence electrons. The van der Waals surface area contributed by atoms with E-state index in [-0.39, 0.29) is 18.3 Å². The molecule has 7 heteroatoms. The van der Waals surface area contributed by atoms with Crippen molar-refractivity contribution in [2.45, 2.75) is 32.9 Å². The molecule has 1 unspecified atom stereocenters. The van der Waals surface area contributed by atoms with Gasteiger partial charge in [-0.05, 0) is 26.3 Å². The number of carbonyl (C=O) groups excluding carboxylic acids is 3. The van der Waals surface area contributed by atoms with Crippen molar-refractivity contribution in [1.82, 2.24) is 5.06 Å². The molecule has 1 rings (SSSR count). The van der Waals surface area contributed by atoms with E-state index in [0.717, 1.165) is 13.8 Å². The van der Waals surface area contributed by atoms with Crippen molar-refractivity contribution in [3.63, 3.8) is 0 Å². The van der Waals surface area contributed by atoms with Gasteiger partial charge in [-0.1, -0.05) is 30.3 Å². The summed E-state index contributed by atoms with van der Waals surface area (Å²) in [4.78, 5) is 35.4. The molecule has 1 aromatic carbocycles. The molecule has 0 radical (unpaired) electrons. The van der Waals surface area contributed by atoms with Crippen molar-refractivity contribution in [3.05, 3.63) is 35.9 Å². The highest BCUT2D eigenvalue weighted by molar-refractivity contribution is 6.08. The predicted octanol–water partition coefficient (Wildman–Crippen LogP) is 1.93. The molecular formula is C15H19NO6. The zero-order chi connectivity index (χ0) is 16.8. The van der Waals surface area contributed by atoms with E-state index in [2.05, 4.69) is 0 Å². The second-order valence-corrected chi connectivity index (χ2v) is 4.70. The van der Waals surface area contributed by atoms with Crippen molar-refractivity contribution in [2.24, 2.45) is 0 Å². The van der Waals surface area contributed by atoms with Crippen LogP contribution in [-0.4, -0.2) is 40.3 Å². The normalized spacial score (nSPS) is 12.9. The summed E-state index contributed by atoms with van der Waals surface area (Å²) in [6, 6.07) is 8.78. The maximum Gasteiger partial charge on any atom is 0.435 e. The minimum Gasteiger partial charge on any atom is -0.464 e. The molecule has 22 heavy (non-hydrogen) atoms. The van der Waals surface area contributed by atoms with Gasteiger partial charge in [0.1, 0.15) is 6.61 Å². The molecule has 1 aromatic rings. The second-order valence-electron chi connectivity index (χ2n) is 4.70. The third-order valence-electron chi connectivity index (χ3n) is 3.16. The van der Waals surface area contributed by atoms with E-state index in [1.165, 1.54) is 0 Å². The number of ether oxygens (including phenoxy) is 2. The van der Waals surface area contributed by atoms with Crippen molar-refractivity contribution in [2.75, 3.05) is 6.61 Å². The van der Waals surface area contributed by atoms with Crippen molar-refractivity contribution in [3.8, 4) is 0 Å². The van der Waals surface area contributed by atoms with Crippen LogP contribution in [0.1, 0.15) is 26.3 Å². The number of hydrogen-bond acceptors (Lipinski definition) is 6. The number of benzene rings is 1. The maximum absolute atomic E-state index is 11.9. The molecule has 0 bridgehead atoms. The van der Waals surface area contributed by atoms with Gasteiger partial charge < -0.3 is 9.47 Å². The van der Waals surface area contributed by atoms with Gasteiger partial charge in [0.25, 0.3) is 0 Å². The van der Waals surface area contributed by atoms with E-state index >= 15 is 0 Å². The Kier molecular flexibility index (Phi) is 6.06. The SMILES string of the molecule is CCOC(=O)C(C)(C(C)=O)N(O)C(=O)OCc1ccccc1. The van der Waals surface area contributed by atoms with Crippen LogP contribution in [0.4, 0.5) is 4.79 Å². The summed E-state index contributed by atoms with van der Waals surface area (Å²) in [6.07, 6.45) is -1.21. The highest BCUT2D eigenvalue weighted by Crippen LogP contribution is 2.18. The molecule has 0 aliphatic heterocycles. The first-order valence-electron chi connectivity index (χ1n) is 6.72. The number of carbonyl (C=O) groups is 3. The minimum absolute atomic E-state index is 0.00854. The van der Waals surface area contributed by atoms with Gasteiger partial charge in [-0.3, -0.25) is 10.0 Å². The molecule has 1 atom stereocenters. The Labute approximate surface area is 128 Å². The molecule has 0 saturated carbocycles. The Morgan fingerprint density at radius 2 is 1.77 bits per heavy atom. The lowest BCUT2D eigenvalue weighted by Crippen LogP contribution is -2.58. The lowest BCUT2D eigenvalue weighted by molar-refractivity contribution is -0.188. The lowest BCUT2D eigenvalue weighted by Gasteiger charge is -2.31. The molecule has 1 amide bonds. The number of hydroxylamine groups is 2. The number of Topliss-reactive ketones (excluding diaryl/α,β-unsaturated/α-hetero) is 1. The predicted molar refractivity (Wildman–Crippen MR) is 76.0 cm³/mol. The largest absolute Gasteiger partial charge is 0.464 e. The van der Waals surface area contributed by atoms with Gasteiger partial charge in [-0.2, -0.15) is 5.06 Å². The van der Waals surface area contributed by atoms with Crippen LogP contribution in [-0.2, 0) is 25.7 Å². The first-order valence-corrected chi connectivity index (χ1v) is 6.72. The highest BCUT2D eigenvalue weighted by Gasteiger charge is 2.49. The summed E-state index contributed by atoms with van der Waals surface area (Å²) in [5.74, 6) is -1.77. The maximum atomic E-state index is 11.9. The summed E-state index contributed by atoms with van der Waals surface area (Å²) in [5, 5.41) is 9.89. The second kappa shape index (κ2) is 7.56. The average Bonchev–Trinajstić information content (AvgIpc) is 2.52. The molecule has 7 nitrogen and oxygen atoms in total. The monoisotopic (exact) mass is 309 g/mol. The highest BCUT2D eigenvalue weighted by atomic mass is 16.6. The van der Waals surface area contributed by atoms with E-state index < -0.39 is 23.4 Å². The lowest BCUT2D eigenvalue weighted by atomic mass is 9.97. The number of rotatable bonds is 6. The Bertz CT molecular complexity index is 544. The van der Waals surface area contributed by atoms with E-state index in [4.69, 9.17) is 9.47 Å². The molecule has 0 aliphatic carbocycles. The van der Waals surface area contributed by atoms with Crippen molar-refractivity contribution in [1.29, 1.82) is 0 Å². The van der Waals surface area contributed by atoms with Gasteiger partial charge in [0.15, 0.2) is 5.78 Å². The van der Waals surface area contributed by atoms with Gasteiger partial charge >= 0.3 is 12.1 Å². The zero-order valence-corrected chi connectivity index (χ0v) is 12.7. The molecular weight excluding hydrogens is 290 g/mol. The first kappa shape index (κ1) is 17.6. The average molecular weight is 309 g/mol. The summed E-state index contributed by atoms with van der Waals surface area (Å²) in [5.41, 5.74) is -1.45. The summed E-state index contributed by atoms with van der Waals surface area (Å²) in [7, 11) is 0. The van der Waals surface area contributed by atoms with Gasteiger partial charge in [-0.25, -0.2) is 9.59 Å². The van der Waals surface area contributed by atoms with Gasteiger partial charge in [0, 0.05) is 0 Å². The van der Waals surface area contributed by atoms with E-state index in [1.54, 1.807) is 37.3 Å². The van der Waals surface area contributed by atoms with Crippen LogP contribution < -0.4 is 0 Å². The Morgan fingerprint density at radius 1 is 1.18 bits per heavy atom. The fourth-order valence-corrected chi connectivity index (χ4v) is 1.61. The van der Waals surface area contributed by atoms with Crippen LogP contribution in [0.5, 0.6) is 0 Å². The standard InChI is InChI=1S/C15H19NO6/c1-4-21-13(18)15(3,11(2)17)16(20)14(19)22-10-12-8-6-5-7-9-12/h5-9,20H,4,10H2,1-3H3. The summed E-state index contributed by atoms with van der Waals surface area (Å²) >= 11 is 0. The van der Waals surface area contributed by atoms with Crippen LogP contribution in [0.3, 0.4) is 0 Å². The van der Waals surface area contributed by atoms with E-state index in [9.17, 15) is 19.6 Å².